The van der Waals surface area contributed by atoms with Crippen molar-refractivity contribution in [2.45, 2.75) is 32.9 Å². The van der Waals surface area contributed by atoms with Crippen LogP contribution in [0.2, 0.25) is 0 Å². The summed E-state index contributed by atoms with van der Waals surface area (Å²) < 4.78 is 5.77. The van der Waals surface area contributed by atoms with E-state index in [1.807, 2.05) is 44.2 Å². The molecule has 0 radical (unpaired) electrons. The van der Waals surface area contributed by atoms with Gasteiger partial charge in [0, 0.05) is 13.1 Å². The molecular formula is C24H25N3O2. The first kappa shape index (κ1) is 19.0. The minimum Gasteiger partial charge on any atom is -0.489 e. The molecule has 4 rings (SSSR count). The quantitative estimate of drug-likeness (QED) is 0.690. The van der Waals surface area contributed by atoms with E-state index in [9.17, 15) is 4.79 Å². The average Bonchev–Trinajstić information content (AvgIpc) is 2.74. The number of para-hydroxylation sites is 2. The van der Waals surface area contributed by atoms with Gasteiger partial charge in [-0.25, -0.2) is 4.98 Å². The van der Waals surface area contributed by atoms with Gasteiger partial charge in [-0.3, -0.25) is 4.79 Å². The van der Waals surface area contributed by atoms with Crippen LogP contribution in [-0.4, -0.2) is 23.5 Å². The Morgan fingerprint density at radius 2 is 1.79 bits per heavy atom. The number of hydrogen-bond acceptors (Lipinski definition) is 4. The van der Waals surface area contributed by atoms with Crippen molar-refractivity contribution in [1.82, 2.24) is 4.98 Å². The van der Waals surface area contributed by atoms with Crippen LogP contribution < -0.4 is 15.0 Å². The van der Waals surface area contributed by atoms with Crippen LogP contribution in [0.1, 0.15) is 35.5 Å². The molecule has 0 unspecified atom stereocenters. The summed E-state index contributed by atoms with van der Waals surface area (Å²) in [6, 6.07) is 19.7. The van der Waals surface area contributed by atoms with Gasteiger partial charge < -0.3 is 15.0 Å². The molecule has 2 heterocycles. The number of carbonyl (C=O) groups is 1. The Morgan fingerprint density at radius 3 is 2.55 bits per heavy atom. The lowest BCUT2D eigenvalue weighted by Crippen LogP contribution is -2.30. The van der Waals surface area contributed by atoms with Crippen molar-refractivity contribution < 1.29 is 9.53 Å². The normalized spacial score (nSPS) is 13.1. The molecule has 3 aromatic rings. The predicted molar refractivity (Wildman–Crippen MR) is 116 cm³/mol. The molecule has 5 heteroatoms. The maximum absolute atomic E-state index is 12.7. The minimum atomic E-state index is -0.250. The van der Waals surface area contributed by atoms with E-state index in [1.165, 1.54) is 11.1 Å². The number of amides is 1. The van der Waals surface area contributed by atoms with Crippen molar-refractivity contribution in [3.63, 3.8) is 0 Å². The molecule has 0 spiro atoms. The molecule has 1 amide bonds. The second kappa shape index (κ2) is 8.35. The lowest BCUT2D eigenvalue weighted by Gasteiger charge is -2.30. The van der Waals surface area contributed by atoms with Crippen LogP contribution in [0.5, 0.6) is 5.75 Å². The monoisotopic (exact) mass is 387 g/mol. The number of rotatable bonds is 5. The number of pyridine rings is 1. The summed E-state index contributed by atoms with van der Waals surface area (Å²) in [7, 11) is 0. The maximum Gasteiger partial charge on any atom is 0.274 e. The number of carbonyl (C=O) groups excluding carboxylic acids is 1. The zero-order valence-corrected chi connectivity index (χ0v) is 16.8. The minimum absolute atomic E-state index is 0.0279. The van der Waals surface area contributed by atoms with Gasteiger partial charge in [0.1, 0.15) is 11.4 Å². The Labute approximate surface area is 171 Å². The highest BCUT2D eigenvalue weighted by atomic mass is 16.5. The molecule has 29 heavy (non-hydrogen) atoms. The molecule has 0 aliphatic carbocycles. The predicted octanol–water partition coefficient (Wildman–Crippen LogP) is 4.68. The lowest BCUT2D eigenvalue weighted by molar-refractivity contribution is 0.102. The van der Waals surface area contributed by atoms with Crippen molar-refractivity contribution in [2.75, 3.05) is 16.8 Å². The van der Waals surface area contributed by atoms with Gasteiger partial charge in [0.15, 0.2) is 0 Å². The Bertz CT molecular complexity index is 999. The molecule has 148 valence electrons. The highest BCUT2D eigenvalue weighted by Crippen LogP contribution is 2.26. The molecule has 5 nitrogen and oxygen atoms in total. The van der Waals surface area contributed by atoms with Gasteiger partial charge >= 0.3 is 0 Å². The fourth-order valence-corrected chi connectivity index (χ4v) is 3.54. The third-order valence-electron chi connectivity index (χ3n) is 4.97. The van der Waals surface area contributed by atoms with Crippen LogP contribution in [0, 0.1) is 0 Å². The number of fused-ring (bicyclic) bond motifs is 1. The van der Waals surface area contributed by atoms with Crippen molar-refractivity contribution >= 4 is 17.3 Å². The first-order chi connectivity index (χ1) is 14.1. The van der Waals surface area contributed by atoms with E-state index in [0.717, 1.165) is 25.2 Å². The first-order valence-corrected chi connectivity index (χ1v) is 9.95. The van der Waals surface area contributed by atoms with Crippen molar-refractivity contribution in [2.24, 2.45) is 0 Å². The molecule has 0 atom stereocenters. The fraction of sp³-hybridized carbons (Fsp3) is 0.250. The zero-order valence-electron chi connectivity index (χ0n) is 16.8. The standard InChI is InChI=1S/C24H25N3O2/c1-17(2)29-23-10-6-5-9-21(23)26-24(28)22-12-11-20(15-25-22)27-14-13-18-7-3-4-8-19(18)16-27/h3-12,15,17H,13-14,16H2,1-2H3,(H,26,28). The Hall–Kier alpha value is -3.34. The second-order valence-electron chi connectivity index (χ2n) is 7.46. The highest BCUT2D eigenvalue weighted by molar-refractivity contribution is 6.03. The van der Waals surface area contributed by atoms with Crippen LogP contribution in [0.4, 0.5) is 11.4 Å². The summed E-state index contributed by atoms with van der Waals surface area (Å²) >= 11 is 0. The molecule has 1 aliphatic heterocycles. The number of nitrogens with zero attached hydrogens (tertiary/aromatic N) is 2. The van der Waals surface area contributed by atoms with Gasteiger partial charge in [0.25, 0.3) is 5.91 Å². The zero-order chi connectivity index (χ0) is 20.2. The molecule has 1 N–H and O–H groups in total. The maximum atomic E-state index is 12.7. The van der Waals surface area contributed by atoms with E-state index in [2.05, 4.69) is 39.5 Å². The smallest absolute Gasteiger partial charge is 0.274 e. The van der Waals surface area contributed by atoms with Crippen LogP contribution in [-0.2, 0) is 13.0 Å². The highest BCUT2D eigenvalue weighted by Gasteiger charge is 2.17. The third kappa shape index (κ3) is 4.40. The van der Waals surface area contributed by atoms with Gasteiger partial charge in [-0.2, -0.15) is 0 Å². The van der Waals surface area contributed by atoms with E-state index < -0.39 is 0 Å². The number of benzene rings is 2. The number of ether oxygens (including phenoxy) is 1. The van der Waals surface area contributed by atoms with Crippen LogP contribution in [0.25, 0.3) is 0 Å². The Balaban J connectivity index is 1.45. The van der Waals surface area contributed by atoms with Crippen molar-refractivity contribution in [1.29, 1.82) is 0 Å². The molecule has 2 aromatic carbocycles. The van der Waals surface area contributed by atoms with Gasteiger partial charge in [0.05, 0.1) is 23.7 Å². The van der Waals surface area contributed by atoms with Crippen molar-refractivity contribution in [3.8, 4) is 5.75 Å². The SMILES string of the molecule is CC(C)Oc1ccccc1NC(=O)c1ccc(N2CCc3ccccc3C2)cn1. The molecule has 0 bridgehead atoms. The molecule has 0 fully saturated rings. The number of hydrogen-bond donors (Lipinski definition) is 1. The lowest BCUT2D eigenvalue weighted by atomic mass is 10.00. The molecule has 1 aromatic heterocycles. The summed E-state index contributed by atoms with van der Waals surface area (Å²) in [6.45, 7) is 5.73. The van der Waals surface area contributed by atoms with E-state index in [-0.39, 0.29) is 12.0 Å². The summed E-state index contributed by atoms with van der Waals surface area (Å²) in [4.78, 5) is 19.4. The summed E-state index contributed by atoms with van der Waals surface area (Å²) in [5.41, 5.74) is 4.81. The van der Waals surface area contributed by atoms with Gasteiger partial charge in [-0.05, 0) is 55.7 Å². The van der Waals surface area contributed by atoms with Crippen LogP contribution in [0.3, 0.4) is 0 Å². The fourth-order valence-electron chi connectivity index (χ4n) is 3.54. The van der Waals surface area contributed by atoms with Gasteiger partial charge in [0.2, 0.25) is 0 Å². The summed E-state index contributed by atoms with van der Waals surface area (Å²) in [5.74, 6) is 0.403. The van der Waals surface area contributed by atoms with Crippen LogP contribution >= 0.6 is 0 Å². The largest absolute Gasteiger partial charge is 0.489 e. The van der Waals surface area contributed by atoms with Crippen LogP contribution in [0.15, 0.2) is 66.9 Å². The first-order valence-electron chi connectivity index (χ1n) is 9.95. The summed E-state index contributed by atoms with van der Waals surface area (Å²) in [6.07, 6.45) is 2.82. The molecule has 0 saturated carbocycles. The van der Waals surface area contributed by atoms with Gasteiger partial charge in [-0.1, -0.05) is 36.4 Å². The summed E-state index contributed by atoms with van der Waals surface area (Å²) in [5, 5.41) is 2.90. The topological polar surface area (TPSA) is 54.5 Å². The van der Waals surface area contributed by atoms with E-state index in [4.69, 9.17) is 4.74 Å². The van der Waals surface area contributed by atoms with E-state index in [0.29, 0.717) is 17.1 Å². The van der Waals surface area contributed by atoms with E-state index in [1.54, 1.807) is 12.3 Å². The molecule has 0 saturated heterocycles. The average molecular weight is 387 g/mol. The number of nitrogens with one attached hydrogen (secondary N) is 1. The Kier molecular flexibility index (Phi) is 5.47. The number of anilines is 2. The van der Waals surface area contributed by atoms with E-state index >= 15 is 0 Å². The van der Waals surface area contributed by atoms with Gasteiger partial charge in [-0.15, -0.1) is 0 Å². The molecule has 1 aliphatic rings. The molecular weight excluding hydrogens is 362 g/mol. The Morgan fingerprint density at radius 1 is 1.03 bits per heavy atom. The second-order valence-corrected chi connectivity index (χ2v) is 7.46. The third-order valence-corrected chi connectivity index (χ3v) is 4.97. The van der Waals surface area contributed by atoms with Crippen molar-refractivity contribution in [3.05, 3.63) is 83.7 Å². The number of aromatic nitrogens is 1.